The first-order chi connectivity index (χ1) is 12.1. The minimum atomic E-state index is -1.76. The molecule has 2 aromatic heterocycles. The monoisotopic (exact) mass is 336 g/mol. The Morgan fingerprint density at radius 1 is 1.12 bits per heavy atom. The van der Waals surface area contributed by atoms with Gasteiger partial charge in [-0.3, -0.25) is 4.79 Å². The zero-order chi connectivity index (χ0) is 17.6. The van der Waals surface area contributed by atoms with Crippen molar-refractivity contribution in [1.29, 1.82) is 0 Å². The summed E-state index contributed by atoms with van der Waals surface area (Å²) >= 11 is 0. The molecule has 2 heterocycles. The Hall–Kier alpha value is -3.41. The first kappa shape index (κ1) is 15.1. The Labute approximate surface area is 142 Å². The molecule has 2 aromatic carbocycles. The predicted octanol–water partition coefficient (Wildman–Crippen LogP) is 2.56. The first-order valence-corrected chi connectivity index (χ1v) is 7.61. The number of benzene rings is 2. The minimum absolute atomic E-state index is 0.439. The minimum Gasteiger partial charge on any atom is -0.839 e. The number of fused-ring (bicyclic) bond motifs is 3. The third-order valence-electron chi connectivity index (χ3n) is 4.21. The van der Waals surface area contributed by atoms with Crippen LogP contribution >= 0.6 is 0 Å². The normalized spacial score (nSPS) is 11.1. The Morgan fingerprint density at radius 3 is 2.52 bits per heavy atom. The molecule has 0 spiro atoms. The van der Waals surface area contributed by atoms with Crippen LogP contribution in [0.15, 0.2) is 60.8 Å². The van der Waals surface area contributed by atoms with Gasteiger partial charge in [0.1, 0.15) is 17.3 Å². The van der Waals surface area contributed by atoms with Gasteiger partial charge in [-0.05, 0) is 41.8 Å². The molecule has 0 saturated carbocycles. The number of carbonyl (C=O) groups is 1. The van der Waals surface area contributed by atoms with Crippen LogP contribution in [0.2, 0.25) is 0 Å². The van der Waals surface area contributed by atoms with E-state index < -0.39 is 17.6 Å². The maximum Gasteiger partial charge on any atom is 0.374 e. The molecule has 0 bridgehead atoms. The number of aromatic nitrogens is 2. The summed E-state index contributed by atoms with van der Waals surface area (Å²) in [6, 6.07) is 14.2. The van der Waals surface area contributed by atoms with Crippen molar-refractivity contribution in [1.82, 2.24) is 4.57 Å². The van der Waals surface area contributed by atoms with E-state index in [0.29, 0.717) is 17.1 Å². The number of methoxy groups -OCH3 is 1. The molecular weight excluding hydrogens is 323 g/mol. The second-order valence-corrected chi connectivity index (χ2v) is 5.56. The molecule has 0 amide bonds. The summed E-state index contributed by atoms with van der Waals surface area (Å²) in [4.78, 5) is 11.4. The number of hydrogen-bond donors (Lipinski definition) is 0. The van der Waals surface area contributed by atoms with Gasteiger partial charge in [-0.2, -0.15) is 8.79 Å². The van der Waals surface area contributed by atoms with Crippen molar-refractivity contribution in [3.8, 4) is 17.3 Å². The maximum absolute atomic E-state index is 13.6. The van der Waals surface area contributed by atoms with E-state index in [-0.39, 0.29) is 0 Å². The van der Waals surface area contributed by atoms with Gasteiger partial charge in [0, 0.05) is 0 Å². The highest BCUT2D eigenvalue weighted by Gasteiger charge is 2.28. The molecule has 5 nitrogen and oxygen atoms in total. The summed E-state index contributed by atoms with van der Waals surface area (Å²) in [5, 5.41) is 14.4. The number of nitrogens with zero attached hydrogens (tertiary/aromatic N) is 2. The molecule has 0 saturated heterocycles. The van der Waals surface area contributed by atoms with E-state index in [0.717, 1.165) is 10.8 Å². The number of halogens is 1. The van der Waals surface area contributed by atoms with E-state index in [2.05, 4.69) is 0 Å². The number of carbonyl (C=O) groups excluding carboxylic acids is 1. The van der Waals surface area contributed by atoms with Crippen LogP contribution in [0.1, 0.15) is 10.5 Å². The number of rotatable bonds is 3. The highest BCUT2D eigenvalue weighted by molar-refractivity contribution is 5.95. The number of hydrogen-bond acceptors (Lipinski definition) is 3. The molecule has 0 aliphatic carbocycles. The highest BCUT2D eigenvalue weighted by atomic mass is 19.1. The second kappa shape index (κ2) is 5.59. The molecule has 0 N–H and O–H groups in total. The van der Waals surface area contributed by atoms with Crippen LogP contribution in [0.3, 0.4) is 0 Å². The Balaban J connectivity index is 2.16. The fourth-order valence-electron chi connectivity index (χ4n) is 3.06. The maximum atomic E-state index is 13.6. The second-order valence-electron chi connectivity index (χ2n) is 5.56. The van der Waals surface area contributed by atoms with Crippen molar-refractivity contribution < 1.29 is 23.4 Å². The standard InChI is InChI=1S/C19H13FN2O3/c1-25-14-8-6-13(7-9-14)22-18-15-5-3-2-4-12(15)10-11-21(18)16(17(20)23)19(22)24/h2-11H,1H3. The van der Waals surface area contributed by atoms with Gasteiger partial charge in [0.05, 0.1) is 18.7 Å². The average Bonchev–Trinajstić information content (AvgIpc) is 2.94. The molecule has 0 unspecified atom stereocenters. The summed E-state index contributed by atoms with van der Waals surface area (Å²) < 4.78 is 21.4. The lowest BCUT2D eigenvalue weighted by Crippen LogP contribution is -2.26. The van der Waals surface area contributed by atoms with Gasteiger partial charge < -0.3 is 9.84 Å². The molecule has 4 rings (SSSR count). The quantitative estimate of drug-likeness (QED) is 0.427. The van der Waals surface area contributed by atoms with Crippen molar-refractivity contribution >= 4 is 22.5 Å². The van der Waals surface area contributed by atoms with Crippen LogP contribution in [0.25, 0.3) is 22.1 Å². The fraction of sp³-hybridized carbons (Fsp3) is 0.0526. The lowest BCUT2D eigenvalue weighted by molar-refractivity contribution is -0.515. The molecular formula is C19H13FN2O3. The van der Waals surface area contributed by atoms with Crippen molar-refractivity contribution in [2.45, 2.75) is 0 Å². The summed E-state index contributed by atoms with van der Waals surface area (Å²) in [7, 11) is 1.54. The van der Waals surface area contributed by atoms with Crippen LogP contribution in [0.5, 0.6) is 11.6 Å². The van der Waals surface area contributed by atoms with E-state index in [1.54, 1.807) is 37.4 Å². The molecule has 25 heavy (non-hydrogen) atoms. The molecule has 0 aliphatic rings. The van der Waals surface area contributed by atoms with Crippen LogP contribution in [-0.4, -0.2) is 17.7 Å². The van der Waals surface area contributed by atoms with E-state index in [4.69, 9.17) is 4.74 Å². The summed E-state index contributed by atoms with van der Waals surface area (Å²) in [6.07, 6.45) is 1.53. The number of ether oxygens (including phenoxy) is 1. The highest BCUT2D eigenvalue weighted by Crippen LogP contribution is 2.28. The Bertz CT molecular complexity index is 1120. The predicted molar refractivity (Wildman–Crippen MR) is 87.9 cm³/mol. The molecule has 6 heteroatoms. The number of pyridine rings is 1. The van der Waals surface area contributed by atoms with Gasteiger partial charge in [0.25, 0.3) is 5.65 Å². The third-order valence-corrected chi connectivity index (χ3v) is 4.21. The molecule has 124 valence electrons. The smallest absolute Gasteiger partial charge is 0.374 e. The van der Waals surface area contributed by atoms with Crippen LogP contribution < -0.4 is 14.2 Å². The fourth-order valence-corrected chi connectivity index (χ4v) is 3.06. The third kappa shape index (κ3) is 2.22. The van der Waals surface area contributed by atoms with E-state index in [1.807, 2.05) is 24.3 Å². The molecule has 0 aliphatic heterocycles. The zero-order valence-electron chi connectivity index (χ0n) is 13.3. The van der Waals surface area contributed by atoms with Gasteiger partial charge in [-0.1, -0.05) is 18.2 Å². The summed E-state index contributed by atoms with van der Waals surface area (Å²) in [5.41, 5.74) is 0.443. The largest absolute Gasteiger partial charge is 0.839 e. The van der Waals surface area contributed by atoms with Gasteiger partial charge in [0.15, 0.2) is 0 Å². The molecule has 0 fully saturated rings. The number of imidazole rings is 1. The van der Waals surface area contributed by atoms with Crippen molar-refractivity contribution in [2.24, 2.45) is 0 Å². The molecule has 0 radical (unpaired) electrons. The molecule has 0 atom stereocenters. The van der Waals surface area contributed by atoms with E-state index in [9.17, 15) is 14.3 Å². The van der Waals surface area contributed by atoms with Crippen molar-refractivity contribution in [2.75, 3.05) is 7.11 Å². The van der Waals surface area contributed by atoms with Gasteiger partial charge >= 0.3 is 6.04 Å². The Morgan fingerprint density at radius 2 is 1.84 bits per heavy atom. The lowest BCUT2D eigenvalue weighted by atomic mass is 10.1. The van der Waals surface area contributed by atoms with E-state index in [1.165, 1.54) is 15.2 Å². The van der Waals surface area contributed by atoms with Crippen molar-refractivity contribution in [3.63, 3.8) is 0 Å². The van der Waals surface area contributed by atoms with Gasteiger partial charge in [-0.25, -0.2) is 4.57 Å². The van der Waals surface area contributed by atoms with Crippen LogP contribution in [0.4, 0.5) is 4.39 Å². The van der Waals surface area contributed by atoms with E-state index >= 15 is 0 Å². The van der Waals surface area contributed by atoms with Crippen LogP contribution in [-0.2, 0) is 0 Å². The lowest BCUT2D eigenvalue weighted by Gasteiger charge is -2.07. The topological polar surface area (TPSA) is 58.4 Å². The van der Waals surface area contributed by atoms with Crippen molar-refractivity contribution in [3.05, 3.63) is 66.5 Å². The first-order valence-electron chi connectivity index (χ1n) is 7.61. The van der Waals surface area contributed by atoms with Crippen LogP contribution in [0, 0.1) is 0 Å². The SMILES string of the molecule is COc1ccc(-n2c([O-])c(C(=O)F)[n+]3ccc4ccccc4c23)cc1. The van der Waals surface area contributed by atoms with Gasteiger partial charge in [-0.15, -0.1) is 0 Å². The summed E-state index contributed by atoms with van der Waals surface area (Å²) in [6.45, 7) is 0. The summed E-state index contributed by atoms with van der Waals surface area (Å²) in [5.74, 6) is -0.0685. The molecule has 4 aromatic rings. The average molecular weight is 336 g/mol. The zero-order valence-corrected chi connectivity index (χ0v) is 13.3. The Kier molecular flexibility index (Phi) is 3.39. The van der Waals surface area contributed by atoms with Gasteiger partial charge in [0.2, 0.25) is 5.69 Å².